The Kier molecular flexibility index (Phi) is 6.07. The monoisotopic (exact) mass is 350 g/mol. The summed E-state index contributed by atoms with van der Waals surface area (Å²) in [4.78, 5) is 5.41. The summed E-state index contributed by atoms with van der Waals surface area (Å²) in [6.07, 6.45) is 5.44. The highest BCUT2D eigenvalue weighted by Crippen LogP contribution is 2.49. The summed E-state index contributed by atoms with van der Waals surface area (Å²) in [5.74, 6) is 0. The summed E-state index contributed by atoms with van der Waals surface area (Å²) in [5, 5.41) is 0. The zero-order valence-corrected chi connectivity index (χ0v) is 18.8. The average Bonchev–Trinajstić information content (AvgIpc) is 3.04. The molecule has 0 spiro atoms. The van der Waals surface area contributed by atoms with Crippen LogP contribution in [0.15, 0.2) is 0 Å². The van der Waals surface area contributed by atoms with Gasteiger partial charge in [-0.2, -0.15) is 0 Å². The SMILES string of the molecule is CC(C)N1CCC(C)(C(C)(C)CCCN2CCC(C)(C(C)(C)C)C2)C1. The van der Waals surface area contributed by atoms with E-state index in [1.807, 2.05) is 0 Å². The van der Waals surface area contributed by atoms with Crippen molar-refractivity contribution in [3.05, 3.63) is 0 Å². The zero-order valence-electron chi connectivity index (χ0n) is 18.8. The van der Waals surface area contributed by atoms with Crippen LogP contribution in [0, 0.1) is 21.7 Å². The molecular weight excluding hydrogens is 304 g/mol. The lowest BCUT2D eigenvalue weighted by atomic mass is 9.64. The van der Waals surface area contributed by atoms with Gasteiger partial charge in [0.25, 0.3) is 0 Å². The molecule has 0 aliphatic carbocycles. The summed E-state index contributed by atoms with van der Waals surface area (Å²) >= 11 is 0. The molecule has 2 fully saturated rings. The third kappa shape index (κ3) is 4.43. The summed E-state index contributed by atoms with van der Waals surface area (Å²) in [6, 6.07) is 0.692. The van der Waals surface area contributed by atoms with Gasteiger partial charge in [-0.15, -0.1) is 0 Å². The van der Waals surface area contributed by atoms with Gasteiger partial charge < -0.3 is 9.80 Å². The van der Waals surface area contributed by atoms with Gasteiger partial charge >= 0.3 is 0 Å². The second-order valence-corrected chi connectivity index (χ2v) is 11.7. The van der Waals surface area contributed by atoms with Gasteiger partial charge in [0.05, 0.1) is 0 Å². The van der Waals surface area contributed by atoms with Crippen molar-refractivity contribution in [1.29, 1.82) is 0 Å². The fourth-order valence-corrected chi connectivity index (χ4v) is 4.90. The second kappa shape index (κ2) is 7.15. The average molecular weight is 351 g/mol. The van der Waals surface area contributed by atoms with E-state index in [1.54, 1.807) is 0 Å². The first-order chi connectivity index (χ1) is 11.3. The van der Waals surface area contributed by atoms with Crippen molar-refractivity contribution in [2.24, 2.45) is 21.7 Å². The van der Waals surface area contributed by atoms with Crippen LogP contribution in [-0.2, 0) is 0 Å². The molecular formula is C23H46N2. The van der Waals surface area contributed by atoms with Gasteiger partial charge in [0, 0.05) is 19.1 Å². The zero-order chi connectivity index (χ0) is 19.1. The molecule has 0 radical (unpaired) electrons. The predicted octanol–water partition coefficient (Wildman–Crippen LogP) is 5.67. The standard InChI is InChI=1S/C23H46N2/c1-19(2)25-16-13-23(9,18-25)21(6,7)11-10-14-24-15-12-22(8,17-24)20(3,4)5/h19H,10-18H2,1-9H3. The van der Waals surface area contributed by atoms with Crippen LogP contribution in [0.25, 0.3) is 0 Å². The maximum Gasteiger partial charge on any atom is 0.00436 e. The molecule has 0 saturated carbocycles. The first kappa shape index (κ1) is 21.2. The Morgan fingerprint density at radius 3 is 1.96 bits per heavy atom. The Bertz CT molecular complexity index is 447. The lowest BCUT2D eigenvalue weighted by Gasteiger charge is -2.43. The highest BCUT2D eigenvalue weighted by molar-refractivity contribution is 4.98. The van der Waals surface area contributed by atoms with Crippen molar-refractivity contribution in [3.63, 3.8) is 0 Å². The number of hydrogen-bond donors (Lipinski definition) is 0. The van der Waals surface area contributed by atoms with Gasteiger partial charge in [0.15, 0.2) is 0 Å². The Morgan fingerprint density at radius 1 is 0.880 bits per heavy atom. The minimum absolute atomic E-state index is 0.415. The van der Waals surface area contributed by atoms with E-state index >= 15 is 0 Å². The van der Waals surface area contributed by atoms with Crippen LogP contribution < -0.4 is 0 Å². The lowest BCUT2D eigenvalue weighted by molar-refractivity contribution is 0.0727. The van der Waals surface area contributed by atoms with E-state index in [0.29, 0.717) is 27.7 Å². The van der Waals surface area contributed by atoms with Gasteiger partial charge in [-0.1, -0.05) is 48.5 Å². The van der Waals surface area contributed by atoms with Crippen molar-refractivity contribution in [2.75, 3.05) is 32.7 Å². The molecule has 2 aliphatic heterocycles. The highest BCUT2D eigenvalue weighted by Gasteiger charge is 2.46. The molecule has 148 valence electrons. The van der Waals surface area contributed by atoms with Gasteiger partial charge in [0.1, 0.15) is 0 Å². The summed E-state index contributed by atoms with van der Waals surface area (Å²) in [6.45, 7) is 28.5. The van der Waals surface area contributed by atoms with E-state index in [9.17, 15) is 0 Å². The normalized spacial score (nSPS) is 32.9. The fraction of sp³-hybridized carbons (Fsp3) is 1.00. The van der Waals surface area contributed by atoms with Crippen LogP contribution in [0.5, 0.6) is 0 Å². The first-order valence-corrected chi connectivity index (χ1v) is 10.8. The van der Waals surface area contributed by atoms with Gasteiger partial charge in [-0.3, -0.25) is 0 Å². The Labute approximate surface area is 158 Å². The summed E-state index contributed by atoms with van der Waals surface area (Å²) < 4.78 is 0. The van der Waals surface area contributed by atoms with Crippen molar-refractivity contribution >= 4 is 0 Å². The molecule has 2 atom stereocenters. The van der Waals surface area contributed by atoms with Crippen molar-refractivity contribution < 1.29 is 0 Å². The van der Waals surface area contributed by atoms with E-state index in [0.717, 1.165) is 0 Å². The molecule has 0 N–H and O–H groups in total. The van der Waals surface area contributed by atoms with Crippen LogP contribution in [0.4, 0.5) is 0 Å². The number of nitrogens with zero attached hydrogens (tertiary/aromatic N) is 2. The number of likely N-dealkylation sites (tertiary alicyclic amines) is 2. The Morgan fingerprint density at radius 2 is 1.48 bits per heavy atom. The van der Waals surface area contributed by atoms with Gasteiger partial charge in [-0.25, -0.2) is 0 Å². The third-order valence-electron chi connectivity index (χ3n) is 8.51. The molecule has 2 aliphatic rings. The number of rotatable bonds is 6. The molecule has 2 heterocycles. The minimum atomic E-state index is 0.415. The molecule has 0 bridgehead atoms. The minimum Gasteiger partial charge on any atom is -0.303 e. The van der Waals surface area contributed by atoms with Crippen LogP contribution in [0.2, 0.25) is 0 Å². The molecule has 2 heteroatoms. The maximum atomic E-state index is 2.73. The third-order valence-corrected chi connectivity index (χ3v) is 8.51. The maximum absolute atomic E-state index is 2.73. The first-order valence-electron chi connectivity index (χ1n) is 10.8. The molecule has 0 aromatic carbocycles. The molecule has 2 saturated heterocycles. The van der Waals surface area contributed by atoms with E-state index in [1.165, 1.54) is 58.4 Å². The van der Waals surface area contributed by atoms with E-state index in [-0.39, 0.29) is 0 Å². The smallest absolute Gasteiger partial charge is 0.00436 e. The molecule has 25 heavy (non-hydrogen) atoms. The fourth-order valence-electron chi connectivity index (χ4n) is 4.90. The van der Waals surface area contributed by atoms with Crippen LogP contribution in [0.1, 0.15) is 88.0 Å². The van der Waals surface area contributed by atoms with Crippen molar-refractivity contribution in [1.82, 2.24) is 9.80 Å². The lowest BCUT2D eigenvalue weighted by Crippen LogP contribution is -2.40. The Balaban J connectivity index is 1.83. The summed E-state index contributed by atoms with van der Waals surface area (Å²) in [5.41, 5.74) is 1.81. The van der Waals surface area contributed by atoms with Crippen molar-refractivity contribution in [3.8, 4) is 0 Å². The summed E-state index contributed by atoms with van der Waals surface area (Å²) in [7, 11) is 0. The molecule has 0 aromatic rings. The molecule has 0 aromatic heterocycles. The van der Waals surface area contributed by atoms with Crippen LogP contribution >= 0.6 is 0 Å². The molecule has 2 rings (SSSR count). The molecule has 2 unspecified atom stereocenters. The van der Waals surface area contributed by atoms with E-state index < -0.39 is 0 Å². The van der Waals surface area contributed by atoms with Gasteiger partial charge in [-0.05, 0) is 80.8 Å². The van der Waals surface area contributed by atoms with E-state index in [2.05, 4.69) is 72.1 Å². The predicted molar refractivity (Wildman–Crippen MR) is 111 cm³/mol. The number of hydrogen-bond acceptors (Lipinski definition) is 2. The quantitative estimate of drug-likeness (QED) is 0.609. The second-order valence-electron chi connectivity index (χ2n) is 11.7. The van der Waals surface area contributed by atoms with E-state index in [4.69, 9.17) is 0 Å². The Hall–Kier alpha value is -0.0800. The van der Waals surface area contributed by atoms with Crippen LogP contribution in [-0.4, -0.2) is 48.6 Å². The topological polar surface area (TPSA) is 6.48 Å². The van der Waals surface area contributed by atoms with Crippen LogP contribution in [0.3, 0.4) is 0 Å². The largest absolute Gasteiger partial charge is 0.303 e. The molecule has 0 amide bonds. The van der Waals surface area contributed by atoms with Gasteiger partial charge in [0.2, 0.25) is 0 Å². The molecule has 2 nitrogen and oxygen atoms in total. The van der Waals surface area contributed by atoms with Crippen molar-refractivity contribution in [2.45, 2.75) is 94.0 Å². The highest BCUT2D eigenvalue weighted by atomic mass is 15.2.